The summed E-state index contributed by atoms with van der Waals surface area (Å²) in [6.45, 7) is 4.12. The van der Waals surface area contributed by atoms with Gasteiger partial charge in [-0.3, -0.25) is 14.2 Å². The number of rotatable bonds is 11. The molecular weight excluding hydrogens is 530 g/mol. The number of nitrogens with one attached hydrogen (secondary N) is 2. The Bertz CT molecular complexity index is 1500. The van der Waals surface area contributed by atoms with Gasteiger partial charge in [-0.05, 0) is 67.9 Å². The van der Waals surface area contributed by atoms with Crippen LogP contribution in [0.4, 0.5) is 5.69 Å². The highest BCUT2D eigenvalue weighted by molar-refractivity contribution is 7.99. The van der Waals surface area contributed by atoms with Crippen LogP contribution in [0, 0.1) is 6.92 Å². The molecule has 2 amide bonds. The molecule has 1 aromatic heterocycles. The smallest absolute Gasteiger partial charge is 0.338 e. The van der Waals surface area contributed by atoms with Crippen molar-refractivity contribution in [1.29, 1.82) is 0 Å². The number of aryl methyl sites for hydroxylation is 1. The van der Waals surface area contributed by atoms with E-state index in [0.29, 0.717) is 33.5 Å². The summed E-state index contributed by atoms with van der Waals surface area (Å²) < 4.78 is 12.1. The number of methoxy groups -OCH3 is 1. The molecule has 4 aromatic rings. The Kier molecular flexibility index (Phi) is 9.53. The van der Waals surface area contributed by atoms with Crippen molar-refractivity contribution in [3.63, 3.8) is 0 Å². The summed E-state index contributed by atoms with van der Waals surface area (Å²) in [5.41, 5.74) is 3.22. The minimum absolute atomic E-state index is 0.0666. The van der Waals surface area contributed by atoms with Gasteiger partial charge >= 0.3 is 5.97 Å². The number of nitrogens with zero attached hydrogens (tertiary/aromatic N) is 3. The van der Waals surface area contributed by atoms with E-state index in [1.807, 2.05) is 35.8 Å². The Labute approximate surface area is 236 Å². The molecule has 3 aromatic carbocycles. The van der Waals surface area contributed by atoms with Crippen LogP contribution in [0.3, 0.4) is 0 Å². The number of amides is 2. The normalized spacial score (nSPS) is 10.6. The minimum Gasteiger partial charge on any atom is -0.496 e. The topological polar surface area (TPSA) is 124 Å². The van der Waals surface area contributed by atoms with Crippen LogP contribution >= 0.6 is 11.8 Å². The van der Waals surface area contributed by atoms with E-state index in [0.717, 1.165) is 11.3 Å². The van der Waals surface area contributed by atoms with Gasteiger partial charge in [0, 0.05) is 11.4 Å². The van der Waals surface area contributed by atoms with Crippen molar-refractivity contribution < 1.29 is 23.9 Å². The van der Waals surface area contributed by atoms with Gasteiger partial charge in [0.25, 0.3) is 5.91 Å². The average Bonchev–Trinajstić information content (AvgIpc) is 3.38. The molecular formula is C29H29N5O5S. The zero-order chi connectivity index (χ0) is 28.5. The fourth-order valence-corrected chi connectivity index (χ4v) is 4.62. The SMILES string of the molecule is CCOC(=O)c1ccc(NC(=O)CSc2nnc(CNC(=O)c3ccccc3OC)n2-c2cccc(C)c2)cc1. The maximum atomic E-state index is 12.9. The highest BCUT2D eigenvalue weighted by Gasteiger charge is 2.18. The van der Waals surface area contributed by atoms with E-state index in [9.17, 15) is 14.4 Å². The van der Waals surface area contributed by atoms with Gasteiger partial charge in [-0.1, -0.05) is 36.0 Å². The van der Waals surface area contributed by atoms with Gasteiger partial charge in [-0.2, -0.15) is 0 Å². The molecule has 0 fully saturated rings. The van der Waals surface area contributed by atoms with Crippen LogP contribution in [-0.2, 0) is 16.1 Å². The second-order valence-electron chi connectivity index (χ2n) is 8.59. The molecule has 0 radical (unpaired) electrons. The van der Waals surface area contributed by atoms with Gasteiger partial charge in [0.05, 0.1) is 37.1 Å². The lowest BCUT2D eigenvalue weighted by atomic mass is 10.2. The van der Waals surface area contributed by atoms with Crippen molar-refractivity contribution in [2.24, 2.45) is 0 Å². The molecule has 2 N–H and O–H groups in total. The summed E-state index contributed by atoms with van der Waals surface area (Å²) >= 11 is 1.22. The van der Waals surface area contributed by atoms with E-state index in [2.05, 4.69) is 20.8 Å². The molecule has 11 heteroatoms. The monoisotopic (exact) mass is 559 g/mol. The maximum Gasteiger partial charge on any atom is 0.338 e. The molecule has 0 saturated carbocycles. The molecule has 4 rings (SSSR count). The number of thioether (sulfide) groups is 1. The predicted octanol–water partition coefficient (Wildman–Crippen LogP) is 4.42. The minimum atomic E-state index is -0.415. The van der Waals surface area contributed by atoms with Crippen molar-refractivity contribution in [3.8, 4) is 11.4 Å². The third kappa shape index (κ3) is 7.06. The quantitative estimate of drug-likeness (QED) is 0.204. The number of ether oxygens (including phenoxy) is 2. The highest BCUT2D eigenvalue weighted by atomic mass is 32.2. The van der Waals surface area contributed by atoms with Crippen molar-refractivity contribution >= 4 is 35.2 Å². The Hall–Kier alpha value is -4.64. The van der Waals surface area contributed by atoms with Gasteiger partial charge < -0.3 is 20.1 Å². The Balaban J connectivity index is 1.46. The Morgan fingerprint density at radius 3 is 2.48 bits per heavy atom. The van der Waals surface area contributed by atoms with E-state index in [-0.39, 0.29) is 30.7 Å². The second kappa shape index (κ2) is 13.4. The summed E-state index contributed by atoms with van der Waals surface area (Å²) in [7, 11) is 1.51. The molecule has 0 aliphatic carbocycles. The molecule has 0 aliphatic heterocycles. The van der Waals surface area contributed by atoms with E-state index >= 15 is 0 Å². The summed E-state index contributed by atoms with van der Waals surface area (Å²) in [6, 6.07) is 21.2. The van der Waals surface area contributed by atoms with Crippen molar-refractivity contribution in [1.82, 2.24) is 20.1 Å². The maximum absolute atomic E-state index is 12.9. The van der Waals surface area contributed by atoms with Gasteiger partial charge in [-0.15, -0.1) is 10.2 Å². The molecule has 0 saturated heterocycles. The Morgan fingerprint density at radius 1 is 0.975 bits per heavy atom. The number of carbonyl (C=O) groups excluding carboxylic acids is 3. The molecule has 10 nitrogen and oxygen atoms in total. The van der Waals surface area contributed by atoms with Crippen LogP contribution in [0.2, 0.25) is 0 Å². The van der Waals surface area contributed by atoms with Crippen LogP contribution in [-0.4, -0.2) is 52.0 Å². The van der Waals surface area contributed by atoms with Crippen molar-refractivity contribution in [2.45, 2.75) is 25.5 Å². The lowest BCUT2D eigenvalue weighted by Crippen LogP contribution is -2.25. The largest absolute Gasteiger partial charge is 0.496 e. The fraction of sp³-hybridized carbons (Fsp3) is 0.207. The molecule has 0 aliphatic rings. The molecule has 40 heavy (non-hydrogen) atoms. The summed E-state index contributed by atoms with van der Waals surface area (Å²) in [4.78, 5) is 37.4. The van der Waals surface area contributed by atoms with Crippen LogP contribution in [0.1, 0.15) is 39.0 Å². The number of para-hydroxylation sites is 1. The third-order valence-electron chi connectivity index (χ3n) is 5.73. The Morgan fingerprint density at radius 2 is 1.75 bits per heavy atom. The van der Waals surface area contributed by atoms with Gasteiger partial charge in [0.2, 0.25) is 5.91 Å². The first kappa shape index (κ1) is 28.4. The first-order chi connectivity index (χ1) is 19.4. The van der Waals surface area contributed by atoms with Crippen LogP contribution in [0.15, 0.2) is 78.0 Å². The summed E-state index contributed by atoms with van der Waals surface area (Å²) in [6.07, 6.45) is 0. The molecule has 206 valence electrons. The lowest BCUT2D eigenvalue weighted by Gasteiger charge is -2.12. The van der Waals surface area contributed by atoms with Gasteiger partial charge in [-0.25, -0.2) is 4.79 Å². The lowest BCUT2D eigenvalue weighted by molar-refractivity contribution is -0.113. The highest BCUT2D eigenvalue weighted by Crippen LogP contribution is 2.24. The summed E-state index contributed by atoms with van der Waals surface area (Å²) in [5, 5.41) is 14.8. The van der Waals surface area contributed by atoms with Crippen molar-refractivity contribution in [3.05, 3.63) is 95.3 Å². The second-order valence-corrected chi connectivity index (χ2v) is 9.53. The number of hydrogen-bond donors (Lipinski definition) is 2. The average molecular weight is 560 g/mol. The standard InChI is InChI=1S/C29H29N5O5S/c1-4-39-28(37)20-12-14-21(15-13-20)31-26(35)18-40-29-33-32-25(34(29)22-9-7-8-19(2)16-22)17-30-27(36)23-10-5-6-11-24(23)38-3/h5-16H,4,17-18H2,1-3H3,(H,30,36)(H,31,35). The molecule has 0 unspecified atom stereocenters. The molecule has 0 bridgehead atoms. The summed E-state index contributed by atoms with van der Waals surface area (Å²) in [5.74, 6) is 0.0695. The van der Waals surface area contributed by atoms with Crippen LogP contribution < -0.4 is 15.4 Å². The number of anilines is 1. The third-order valence-corrected chi connectivity index (χ3v) is 6.66. The predicted molar refractivity (Wildman–Crippen MR) is 152 cm³/mol. The van der Waals surface area contributed by atoms with Crippen LogP contribution in [0.5, 0.6) is 5.75 Å². The number of hydrogen-bond acceptors (Lipinski definition) is 8. The number of aromatic nitrogens is 3. The van der Waals surface area contributed by atoms with E-state index in [1.165, 1.54) is 18.9 Å². The zero-order valence-corrected chi connectivity index (χ0v) is 23.2. The fourth-order valence-electron chi connectivity index (χ4n) is 3.85. The van der Waals surface area contributed by atoms with E-state index in [1.54, 1.807) is 55.5 Å². The van der Waals surface area contributed by atoms with Gasteiger partial charge in [0.15, 0.2) is 11.0 Å². The molecule has 0 atom stereocenters. The zero-order valence-electron chi connectivity index (χ0n) is 22.3. The van der Waals surface area contributed by atoms with Gasteiger partial charge in [0.1, 0.15) is 5.75 Å². The van der Waals surface area contributed by atoms with Crippen molar-refractivity contribution in [2.75, 3.05) is 24.8 Å². The first-order valence-electron chi connectivity index (χ1n) is 12.5. The van der Waals surface area contributed by atoms with E-state index < -0.39 is 5.97 Å². The van der Waals surface area contributed by atoms with Crippen LogP contribution in [0.25, 0.3) is 5.69 Å². The molecule has 1 heterocycles. The number of carbonyl (C=O) groups is 3. The molecule has 0 spiro atoms. The van der Waals surface area contributed by atoms with E-state index in [4.69, 9.17) is 9.47 Å². The number of esters is 1. The first-order valence-corrected chi connectivity index (χ1v) is 13.5. The number of benzene rings is 3.